The molecule has 1 rings (SSSR count). The van der Waals surface area contributed by atoms with Crippen molar-refractivity contribution in [1.82, 2.24) is 5.32 Å². The van der Waals surface area contributed by atoms with Crippen molar-refractivity contribution in [1.29, 1.82) is 0 Å². The largest absolute Gasteiger partial charge is 0.383 e. The minimum absolute atomic E-state index is 0.278. The van der Waals surface area contributed by atoms with Gasteiger partial charge in [0.25, 0.3) is 0 Å². The van der Waals surface area contributed by atoms with Gasteiger partial charge in [-0.15, -0.1) is 0 Å². The Hall–Kier alpha value is -0.170. The molecule has 0 aliphatic carbocycles. The fraction of sp³-hybridized carbons (Fsp3) is 1.00. The standard InChI is InChI=1S/C15H31NO4S/c1-3-4-8-20-9-5-14(12-16-7-10-19-2)15-6-11-21(17,18)13-15/h14-16H,3-13H2,1-2H3. The van der Waals surface area contributed by atoms with E-state index >= 15 is 0 Å². The van der Waals surface area contributed by atoms with Gasteiger partial charge in [-0.05, 0) is 37.6 Å². The molecule has 126 valence electrons. The Morgan fingerprint density at radius 1 is 1.29 bits per heavy atom. The predicted molar refractivity (Wildman–Crippen MR) is 85.3 cm³/mol. The van der Waals surface area contributed by atoms with Crippen LogP contribution in [-0.2, 0) is 19.3 Å². The maximum absolute atomic E-state index is 11.7. The van der Waals surface area contributed by atoms with Gasteiger partial charge in [0, 0.05) is 26.9 Å². The number of methoxy groups -OCH3 is 1. The maximum Gasteiger partial charge on any atom is 0.150 e. The minimum atomic E-state index is -2.81. The van der Waals surface area contributed by atoms with Crippen LogP contribution >= 0.6 is 0 Å². The number of hydrogen-bond donors (Lipinski definition) is 1. The highest BCUT2D eigenvalue weighted by Gasteiger charge is 2.33. The zero-order chi connectivity index (χ0) is 15.6. The molecule has 6 heteroatoms. The average molecular weight is 321 g/mol. The van der Waals surface area contributed by atoms with E-state index in [0.717, 1.165) is 52.0 Å². The normalized spacial score (nSPS) is 22.5. The van der Waals surface area contributed by atoms with Crippen molar-refractivity contribution in [2.24, 2.45) is 11.8 Å². The van der Waals surface area contributed by atoms with E-state index < -0.39 is 9.84 Å². The van der Waals surface area contributed by atoms with E-state index in [4.69, 9.17) is 9.47 Å². The van der Waals surface area contributed by atoms with Gasteiger partial charge >= 0.3 is 0 Å². The molecule has 1 aliphatic rings. The number of nitrogens with one attached hydrogen (secondary N) is 1. The van der Waals surface area contributed by atoms with E-state index in [9.17, 15) is 8.42 Å². The van der Waals surface area contributed by atoms with Crippen molar-refractivity contribution in [2.45, 2.75) is 32.6 Å². The summed E-state index contributed by atoms with van der Waals surface area (Å²) in [5.41, 5.74) is 0. The van der Waals surface area contributed by atoms with Gasteiger partial charge in [-0.25, -0.2) is 8.42 Å². The Balaban J connectivity index is 2.34. The third kappa shape index (κ3) is 8.14. The van der Waals surface area contributed by atoms with Gasteiger partial charge in [0.15, 0.2) is 9.84 Å². The molecule has 0 saturated carbocycles. The van der Waals surface area contributed by atoms with Gasteiger partial charge in [0.2, 0.25) is 0 Å². The molecule has 2 atom stereocenters. The Bertz CT molecular complexity index is 359. The summed E-state index contributed by atoms with van der Waals surface area (Å²) in [6, 6.07) is 0. The third-order valence-electron chi connectivity index (χ3n) is 4.10. The lowest BCUT2D eigenvalue weighted by Crippen LogP contribution is -2.32. The molecule has 0 bridgehead atoms. The molecule has 1 N–H and O–H groups in total. The lowest BCUT2D eigenvalue weighted by Gasteiger charge is -2.23. The Morgan fingerprint density at radius 3 is 2.71 bits per heavy atom. The molecule has 0 aromatic carbocycles. The van der Waals surface area contributed by atoms with Gasteiger partial charge in [-0.2, -0.15) is 0 Å². The van der Waals surface area contributed by atoms with Crippen molar-refractivity contribution >= 4 is 9.84 Å². The van der Waals surface area contributed by atoms with Crippen molar-refractivity contribution in [2.75, 3.05) is 51.5 Å². The summed E-state index contributed by atoms with van der Waals surface area (Å²) in [6.45, 7) is 6.03. The van der Waals surface area contributed by atoms with E-state index in [1.165, 1.54) is 0 Å². The van der Waals surface area contributed by atoms with Gasteiger partial charge in [0.05, 0.1) is 18.1 Å². The van der Waals surface area contributed by atoms with E-state index in [1.807, 2.05) is 0 Å². The highest BCUT2D eigenvalue weighted by Crippen LogP contribution is 2.28. The van der Waals surface area contributed by atoms with E-state index in [1.54, 1.807) is 7.11 Å². The number of sulfone groups is 1. The SMILES string of the molecule is CCCCOCCC(CNCCOC)C1CCS(=O)(=O)C1. The summed E-state index contributed by atoms with van der Waals surface area (Å²) in [4.78, 5) is 0. The van der Waals surface area contributed by atoms with Gasteiger partial charge < -0.3 is 14.8 Å². The van der Waals surface area contributed by atoms with Gasteiger partial charge in [-0.1, -0.05) is 13.3 Å². The zero-order valence-electron chi connectivity index (χ0n) is 13.5. The molecule has 0 aromatic heterocycles. The minimum Gasteiger partial charge on any atom is -0.383 e. The second-order valence-electron chi connectivity index (χ2n) is 5.87. The first-order valence-corrected chi connectivity index (χ1v) is 9.89. The predicted octanol–water partition coefficient (Wildman–Crippen LogP) is 1.48. The Labute approximate surface area is 129 Å². The van der Waals surface area contributed by atoms with Crippen LogP contribution < -0.4 is 5.32 Å². The summed E-state index contributed by atoms with van der Waals surface area (Å²) < 4.78 is 34.0. The van der Waals surface area contributed by atoms with Crippen molar-refractivity contribution in [3.8, 4) is 0 Å². The summed E-state index contributed by atoms with van der Waals surface area (Å²) in [7, 11) is -1.12. The summed E-state index contributed by atoms with van der Waals surface area (Å²) in [5, 5.41) is 3.37. The highest BCUT2D eigenvalue weighted by molar-refractivity contribution is 7.91. The number of hydrogen-bond acceptors (Lipinski definition) is 5. The molecule has 5 nitrogen and oxygen atoms in total. The number of ether oxygens (including phenoxy) is 2. The molecule has 0 spiro atoms. The lowest BCUT2D eigenvalue weighted by atomic mass is 9.89. The molecular weight excluding hydrogens is 290 g/mol. The van der Waals surface area contributed by atoms with E-state index in [0.29, 0.717) is 24.0 Å². The first-order chi connectivity index (χ1) is 10.1. The molecule has 1 fully saturated rings. The fourth-order valence-corrected chi connectivity index (χ4v) is 4.66. The van der Waals surface area contributed by atoms with Crippen LogP contribution in [0.3, 0.4) is 0 Å². The third-order valence-corrected chi connectivity index (χ3v) is 5.89. The van der Waals surface area contributed by atoms with Gasteiger partial charge in [0.1, 0.15) is 0 Å². The second-order valence-corrected chi connectivity index (χ2v) is 8.10. The van der Waals surface area contributed by atoms with Crippen LogP contribution in [-0.4, -0.2) is 59.9 Å². The molecule has 1 heterocycles. The first kappa shape index (κ1) is 18.9. The zero-order valence-corrected chi connectivity index (χ0v) is 14.3. The molecule has 0 aromatic rings. The van der Waals surface area contributed by atoms with Crippen molar-refractivity contribution in [3.05, 3.63) is 0 Å². The first-order valence-electron chi connectivity index (χ1n) is 8.07. The summed E-state index contributed by atoms with van der Waals surface area (Å²) in [6.07, 6.45) is 3.97. The average Bonchev–Trinajstić information content (AvgIpc) is 2.81. The van der Waals surface area contributed by atoms with Crippen LogP contribution in [0.2, 0.25) is 0 Å². The quantitative estimate of drug-likeness (QED) is 0.552. The number of rotatable bonds is 12. The molecule has 1 aliphatic heterocycles. The fourth-order valence-electron chi connectivity index (χ4n) is 2.74. The van der Waals surface area contributed by atoms with Crippen molar-refractivity contribution in [3.63, 3.8) is 0 Å². The molecule has 2 unspecified atom stereocenters. The smallest absolute Gasteiger partial charge is 0.150 e. The monoisotopic (exact) mass is 321 g/mol. The molecule has 0 amide bonds. The van der Waals surface area contributed by atoms with Crippen LogP contribution in [0.1, 0.15) is 32.6 Å². The van der Waals surface area contributed by atoms with Crippen LogP contribution in [0.4, 0.5) is 0 Å². The summed E-state index contributed by atoms with van der Waals surface area (Å²) in [5.74, 6) is 1.35. The maximum atomic E-state index is 11.7. The van der Waals surface area contributed by atoms with Crippen LogP contribution in [0.15, 0.2) is 0 Å². The topological polar surface area (TPSA) is 64.6 Å². The molecule has 21 heavy (non-hydrogen) atoms. The Kier molecular flexibility index (Phi) is 9.47. The van der Waals surface area contributed by atoms with Crippen LogP contribution in [0.5, 0.6) is 0 Å². The van der Waals surface area contributed by atoms with E-state index in [2.05, 4.69) is 12.2 Å². The molecular formula is C15H31NO4S. The lowest BCUT2D eigenvalue weighted by molar-refractivity contribution is 0.108. The molecule has 1 saturated heterocycles. The summed E-state index contributed by atoms with van der Waals surface area (Å²) >= 11 is 0. The second kappa shape index (κ2) is 10.5. The van der Waals surface area contributed by atoms with Gasteiger partial charge in [-0.3, -0.25) is 0 Å². The highest BCUT2D eigenvalue weighted by atomic mass is 32.2. The van der Waals surface area contributed by atoms with Crippen molar-refractivity contribution < 1.29 is 17.9 Å². The van der Waals surface area contributed by atoms with Crippen LogP contribution in [0, 0.1) is 11.8 Å². The van der Waals surface area contributed by atoms with E-state index in [-0.39, 0.29) is 5.92 Å². The molecule has 0 radical (unpaired) electrons. The Morgan fingerprint density at radius 2 is 2.10 bits per heavy atom. The van der Waals surface area contributed by atoms with Crippen LogP contribution in [0.25, 0.3) is 0 Å². The number of unbranched alkanes of at least 4 members (excludes halogenated alkanes) is 1.